The Morgan fingerprint density at radius 1 is 0.419 bits per heavy atom. The van der Waals surface area contributed by atoms with E-state index in [4.69, 9.17) is 19.3 Å². The number of aliphatic hydroxyl groups is 1. The van der Waals surface area contributed by atoms with Crippen LogP contribution in [0, 0.1) is 0 Å². The van der Waals surface area contributed by atoms with Crippen molar-refractivity contribution in [1.82, 2.24) is 0 Å². The Bertz CT molecular complexity index is 1460. The molecule has 0 saturated carbocycles. The predicted octanol–water partition coefficient (Wildman–Crippen LogP) is 15.0. The van der Waals surface area contributed by atoms with Crippen LogP contribution in [0.3, 0.4) is 0 Å². The third kappa shape index (κ3) is 46.4. The number of allylic oxidation sites excluding steroid dienone is 4. The largest absolute Gasteiger partial charge is 0.461 e. The van der Waals surface area contributed by atoms with Crippen molar-refractivity contribution < 1.29 is 52.6 Å². The van der Waals surface area contributed by atoms with Crippen molar-refractivity contribution in [3.8, 4) is 0 Å². The molecular weight excluding hydrogens is 931 g/mol. The topological polar surface area (TPSA) is 150 Å². The minimum atomic E-state index is -0.439. The first kappa shape index (κ1) is 71.1. The molecule has 74 heavy (non-hydrogen) atoms. The zero-order valence-electron chi connectivity index (χ0n) is 48.6. The molecule has 0 fully saturated rings. The average molecular weight is 1050 g/mol. The Kier molecular flexibility index (Phi) is 50.2. The molecule has 1 N–H and O–H groups in total. The number of hydrogen-bond donors (Lipinski definition) is 1. The first-order valence-electron chi connectivity index (χ1n) is 30.6. The molecule has 0 aromatic rings. The summed E-state index contributed by atoms with van der Waals surface area (Å²) in [5, 5.41) is 8.82. The summed E-state index contributed by atoms with van der Waals surface area (Å²) in [4.78, 5) is 74.6. The summed E-state index contributed by atoms with van der Waals surface area (Å²) < 4.78 is 18.9. The van der Waals surface area contributed by atoms with Gasteiger partial charge in [-0.2, -0.15) is 0 Å². The summed E-state index contributed by atoms with van der Waals surface area (Å²) in [6, 6.07) is -0.439. The SMILES string of the molecule is CCCCCCCC/C=C/CCCCCCCCOCC(C[N+](C)(C)C(CCC)C(=O)OCCC(=O)CCC(=O)CCC(=O)CCC(=O)CCC(=O)CCO)OCCCCCCCC/C=C/CCCCCCCC. The smallest absolute Gasteiger partial charge is 0.364 e. The molecule has 0 amide bonds. The highest BCUT2D eigenvalue weighted by Gasteiger charge is 2.38. The van der Waals surface area contributed by atoms with Gasteiger partial charge in [-0.25, -0.2) is 4.79 Å². The van der Waals surface area contributed by atoms with Gasteiger partial charge in [-0.05, 0) is 70.6 Å². The fraction of sp³-hybridized carbons (Fsp3) is 0.841. The number of rotatable bonds is 58. The number of carbonyl (C=O) groups is 6. The van der Waals surface area contributed by atoms with E-state index in [1.165, 1.54) is 154 Å². The number of ketones is 5. The molecule has 2 unspecified atom stereocenters. The third-order valence-corrected chi connectivity index (χ3v) is 14.2. The van der Waals surface area contributed by atoms with Crippen LogP contribution in [0.2, 0.25) is 0 Å². The molecule has 0 heterocycles. The Labute approximate surface area is 453 Å². The van der Waals surface area contributed by atoms with Gasteiger partial charge in [0, 0.05) is 90.4 Å². The van der Waals surface area contributed by atoms with Crippen molar-refractivity contribution in [2.24, 2.45) is 0 Å². The van der Waals surface area contributed by atoms with Gasteiger partial charge in [0.15, 0.2) is 6.04 Å². The van der Waals surface area contributed by atoms with Gasteiger partial charge < -0.3 is 23.8 Å². The van der Waals surface area contributed by atoms with Crippen molar-refractivity contribution in [2.75, 3.05) is 53.7 Å². The van der Waals surface area contributed by atoms with E-state index >= 15 is 0 Å². The van der Waals surface area contributed by atoms with Crippen LogP contribution in [0.1, 0.15) is 278 Å². The van der Waals surface area contributed by atoms with Crippen molar-refractivity contribution >= 4 is 34.9 Å². The summed E-state index contributed by atoms with van der Waals surface area (Å²) in [7, 11) is 4.10. The molecule has 11 nitrogen and oxygen atoms in total. The first-order chi connectivity index (χ1) is 35.9. The van der Waals surface area contributed by atoms with Crippen LogP contribution in [0.4, 0.5) is 0 Å². The van der Waals surface area contributed by atoms with Gasteiger partial charge in [-0.1, -0.05) is 161 Å². The van der Waals surface area contributed by atoms with Gasteiger partial charge in [-0.15, -0.1) is 0 Å². The number of aliphatic hydroxyl groups excluding tert-OH is 1. The number of quaternary nitrogens is 1. The molecular formula is C63H114NO10+. The number of unbranched alkanes of at least 4 members (excludes halogenated alkanes) is 24. The lowest BCUT2D eigenvalue weighted by Gasteiger charge is -2.38. The van der Waals surface area contributed by atoms with Crippen molar-refractivity contribution in [1.29, 1.82) is 0 Å². The highest BCUT2D eigenvalue weighted by Crippen LogP contribution is 2.19. The van der Waals surface area contributed by atoms with Gasteiger partial charge in [0.25, 0.3) is 0 Å². The van der Waals surface area contributed by atoms with Gasteiger partial charge >= 0.3 is 5.97 Å². The fourth-order valence-electron chi connectivity index (χ4n) is 9.32. The molecule has 0 aliphatic carbocycles. The number of carbonyl (C=O) groups excluding carboxylic acids is 6. The minimum Gasteiger partial charge on any atom is -0.461 e. The quantitative estimate of drug-likeness (QED) is 0.0270. The first-order valence-corrected chi connectivity index (χ1v) is 30.6. The third-order valence-electron chi connectivity index (χ3n) is 14.2. The zero-order valence-corrected chi connectivity index (χ0v) is 48.6. The molecule has 0 aromatic carbocycles. The van der Waals surface area contributed by atoms with Gasteiger partial charge in [0.2, 0.25) is 0 Å². The lowest BCUT2D eigenvalue weighted by molar-refractivity contribution is -0.910. The fourth-order valence-corrected chi connectivity index (χ4v) is 9.32. The maximum absolute atomic E-state index is 13.6. The van der Waals surface area contributed by atoms with Crippen molar-refractivity contribution in [3.63, 3.8) is 0 Å². The summed E-state index contributed by atoms with van der Waals surface area (Å²) >= 11 is 0. The lowest BCUT2D eigenvalue weighted by Crippen LogP contribution is -2.57. The second kappa shape index (κ2) is 52.2. The number of Topliss-reactive ketones (excluding diaryl/α,β-unsaturated/α-hetero) is 5. The number of ether oxygens (including phenoxy) is 3. The van der Waals surface area contributed by atoms with Crippen LogP contribution in [-0.2, 0) is 43.0 Å². The lowest BCUT2D eigenvalue weighted by atomic mass is 10.0. The summed E-state index contributed by atoms with van der Waals surface area (Å²) in [6.45, 7) is 8.71. The molecule has 0 rings (SSSR count). The van der Waals surface area contributed by atoms with Crippen LogP contribution in [0.25, 0.3) is 0 Å². The van der Waals surface area contributed by atoms with E-state index in [9.17, 15) is 28.8 Å². The Morgan fingerprint density at radius 2 is 0.770 bits per heavy atom. The molecule has 0 bridgehead atoms. The summed E-state index contributed by atoms with van der Waals surface area (Å²) in [5.41, 5.74) is 0. The van der Waals surface area contributed by atoms with E-state index < -0.39 is 6.04 Å². The molecule has 0 saturated heterocycles. The molecule has 2 atom stereocenters. The molecule has 0 radical (unpaired) electrons. The van der Waals surface area contributed by atoms with Gasteiger partial charge in [0.05, 0.1) is 27.3 Å². The summed E-state index contributed by atoms with van der Waals surface area (Å²) in [6.07, 6.45) is 46.3. The minimum absolute atomic E-state index is 0.00125. The Hall–Kier alpha value is -2.86. The van der Waals surface area contributed by atoms with Crippen molar-refractivity contribution in [2.45, 2.75) is 290 Å². The van der Waals surface area contributed by atoms with Crippen LogP contribution >= 0.6 is 0 Å². The normalized spacial score (nSPS) is 12.7. The molecule has 11 heteroatoms. The van der Waals surface area contributed by atoms with Crippen LogP contribution in [-0.4, -0.2) is 110 Å². The Balaban J connectivity index is 4.90. The van der Waals surface area contributed by atoms with Crippen LogP contribution < -0.4 is 0 Å². The second-order valence-corrected chi connectivity index (χ2v) is 21.8. The monoisotopic (exact) mass is 1040 g/mol. The number of esters is 1. The summed E-state index contributed by atoms with van der Waals surface area (Å²) in [5.74, 6) is -1.33. The van der Waals surface area contributed by atoms with Gasteiger partial charge in [0.1, 0.15) is 41.6 Å². The Morgan fingerprint density at radius 3 is 1.16 bits per heavy atom. The van der Waals surface area contributed by atoms with Crippen LogP contribution in [0.15, 0.2) is 24.3 Å². The maximum atomic E-state index is 13.6. The molecule has 0 aliphatic heterocycles. The van der Waals surface area contributed by atoms with E-state index in [1.807, 2.05) is 0 Å². The van der Waals surface area contributed by atoms with Gasteiger partial charge in [-0.3, -0.25) is 24.0 Å². The van der Waals surface area contributed by atoms with Crippen molar-refractivity contribution in [3.05, 3.63) is 24.3 Å². The highest BCUT2D eigenvalue weighted by atomic mass is 16.5. The highest BCUT2D eigenvalue weighted by molar-refractivity contribution is 5.91. The number of hydrogen-bond acceptors (Lipinski definition) is 10. The van der Waals surface area contributed by atoms with Crippen LogP contribution in [0.5, 0.6) is 0 Å². The second-order valence-electron chi connectivity index (χ2n) is 21.8. The zero-order chi connectivity index (χ0) is 54.6. The molecule has 0 aliphatic rings. The predicted molar refractivity (Wildman–Crippen MR) is 304 cm³/mol. The molecule has 430 valence electrons. The standard InChI is InChI=1S/C63H114NO10/c1-6-9-11-13-15-17-19-21-23-25-27-29-31-33-35-37-51-72-55-61(73-52-38-36-34-32-30-28-26-24-22-20-18-16-14-12-10-7-2)54-64(4,5)62(39-8-3)63(71)74-53-49-60(70)47-45-58(68)43-41-56(66)40-42-57(67)44-46-59(69)48-50-65/h21-24,61-62,65H,6-20,25-55H2,1-5H3/q+1/b23-21+,24-22+. The van der Waals surface area contributed by atoms with E-state index in [0.29, 0.717) is 37.3 Å². The van der Waals surface area contributed by atoms with E-state index in [2.05, 4.69) is 59.2 Å². The van der Waals surface area contributed by atoms with E-state index in [-0.39, 0.29) is 118 Å². The average Bonchev–Trinajstić information content (AvgIpc) is 3.37. The number of nitrogens with zero attached hydrogens (tertiary/aromatic N) is 1. The molecule has 0 aromatic heterocycles. The molecule has 0 spiro atoms. The van der Waals surface area contributed by atoms with E-state index in [1.54, 1.807) is 0 Å². The number of likely N-dealkylation sites (N-methyl/N-ethyl adjacent to an activating group) is 1. The van der Waals surface area contributed by atoms with E-state index in [0.717, 1.165) is 32.1 Å². The maximum Gasteiger partial charge on any atom is 0.364 e.